The second kappa shape index (κ2) is 7.07. The third-order valence-corrected chi connectivity index (χ3v) is 3.15. The van der Waals surface area contributed by atoms with Crippen molar-refractivity contribution in [1.82, 2.24) is 15.1 Å². The Bertz CT molecular complexity index is 481. The third kappa shape index (κ3) is 4.19. The Labute approximate surface area is 114 Å². The van der Waals surface area contributed by atoms with Gasteiger partial charge < -0.3 is 10.4 Å². The zero-order valence-corrected chi connectivity index (χ0v) is 11.3. The van der Waals surface area contributed by atoms with Gasteiger partial charge in [0.1, 0.15) is 0 Å². The molecule has 0 spiro atoms. The maximum atomic E-state index is 9.43. The molecule has 4 nitrogen and oxygen atoms in total. The summed E-state index contributed by atoms with van der Waals surface area (Å²) in [6.07, 6.45) is 4.73. The molecule has 0 unspecified atom stereocenters. The van der Waals surface area contributed by atoms with Gasteiger partial charge in [-0.1, -0.05) is 30.3 Å². The Morgan fingerprint density at radius 3 is 2.68 bits per heavy atom. The van der Waals surface area contributed by atoms with Crippen molar-refractivity contribution in [3.8, 4) is 0 Å². The first-order chi connectivity index (χ1) is 9.31. The summed E-state index contributed by atoms with van der Waals surface area (Å²) in [5.74, 6) is 0. The quantitative estimate of drug-likeness (QED) is 0.794. The average Bonchev–Trinajstić information content (AvgIpc) is 2.92. The third-order valence-electron chi connectivity index (χ3n) is 3.15. The van der Waals surface area contributed by atoms with Crippen molar-refractivity contribution in [2.24, 2.45) is 0 Å². The minimum atomic E-state index is 0.0763. The molecule has 0 aliphatic carbocycles. The number of rotatable bonds is 7. The molecular weight excluding hydrogens is 238 g/mol. The summed E-state index contributed by atoms with van der Waals surface area (Å²) >= 11 is 0. The molecule has 0 aliphatic heterocycles. The molecule has 1 atom stereocenters. The first-order valence-electron chi connectivity index (χ1n) is 6.71. The molecule has 2 N–H and O–H groups in total. The van der Waals surface area contributed by atoms with Gasteiger partial charge in [0, 0.05) is 30.9 Å². The predicted octanol–water partition coefficient (Wildman–Crippen LogP) is 1.60. The molecule has 0 fully saturated rings. The number of benzene rings is 1. The number of hydrogen-bond acceptors (Lipinski definition) is 3. The zero-order valence-electron chi connectivity index (χ0n) is 11.3. The normalized spacial score (nSPS) is 12.5. The number of aliphatic hydroxyl groups is 1. The largest absolute Gasteiger partial charge is 0.395 e. The van der Waals surface area contributed by atoms with Crippen LogP contribution in [0, 0.1) is 0 Å². The van der Waals surface area contributed by atoms with Crippen LogP contribution in [0.2, 0.25) is 0 Å². The molecule has 1 aromatic heterocycles. The van der Waals surface area contributed by atoms with Crippen molar-refractivity contribution in [2.45, 2.75) is 32.5 Å². The lowest BCUT2D eigenvalue weighted by Gasteiger charge is -2.15. The van der Waals surface area contributed by atoms with Gasteiger partial charge in [0.2, 0.25) is 0 Å². The highest BCUT2D eigenvalue weighted by atomic mass is 16.3. The smallest absolute Gasteiger partial charge is 0.0587 e. The second-order valence-corrected chi connectivity index (χ2v) is 4.65. The van der Waals surface area contributed by atoms with Crippen molar-refractivity contribution in [1.29, 1.82) is 0 Å². The lowest BCUT2D eigenvalue weighted by molar-refractivity contribution is 0.241. The minimum Gasteiger partial charge on any atom is -0.395 e. The maximum Gasteiger partial charge on any atom is 0.0587 e. The Kier molecular flexibility index (Phi) is 5.12. The lowest BCUT2D eigenvalue weighted by atomic mass is 10.1. The van der Waals surface area contributed by atoms with E-state index in [2.05, 4.69) is 29.5 Å². The van der Waals surface area contributed by atoms with Crippen molar-refractivity contribution in [3.63, 3.8) is 0 Å². The van der Waals surface area contributed by atoms with Crippen LogP contribution in [-0.2, 0) is 19.5 Å². The van der Waals surface area contributed by atoms with Crippen LogP contribution >= 0.6 is 0 Å². The standard InChI is InChI=1S/C15H21N3O/c1-2-18-11-14(10-17-18)9-16-15(12-19)8-13-6-4-3-5-7-13/h3-7,10-11,15-16,19H,2,8-9,12H2,1H3/t15-/m1/s1. The topological polar surface area (TPSA) is 50.1 Å². The number of nitrogens with one attached hydrogen (secondary N) is 1. The molecule has 0 saturated heterocycles. The summed E-state index contributed by atoms with van der Waals surface area (Å²) in [5.41, 5.74) is 2.38. The van der Waals surface area contributed by atoms with E-state index in [0.29, 0.717) is 0 Å². The number of aryl methyl sites for hydroxylation is 1. The van der Waals surface area contributed by atoms with E-state index in [4.69, 9.17) is 0 Å². The molecule has 0 radical (unpaired) electrons. The van der Waals surface area contributed by atoms with E-state index in [9.17, 15) is 5.11 Å². The molecule has 102 valence electrons. The maximum absolute atomic E-state index is 9.43. The molecule has 4 heteroatoms. The van der Waals surface area contributed by atoms with Crippen LogP contribution in [0.15, 0.2) is 42.7 Å². The molecule has 0 amide bonds. The highest BCUT2D eigenvalue weighted by Gasteiger charge is 2.08. The van der Waals surface area contributed by atoms with Gasteiger partial charge in [-0.3, -0.25) is 4.68 Å². The molecule has 2 aromatic rings. The van der Waals surface area contributed by atoms with Crippen LogP contribution in [0.5, 0.6) is 0 Å². The van der Waals surface area contributed by atoms with Crippen LogP contribution in [0.1, 0.15) is 18.1 Å². The highest BCUT2D eigenvalue weighted by molar-refractivity contribution is 5.16. The van der Waals surface area contributed by atoms with Gasteiger partial charge in [-0.25, -0.2) is 0 Å². The van der Waals surface area contributed by atoms with Crippen molar-refractivity contribution < 1.29 is 5.11 Å². The highest BCUT2D eigenvalue weighted by Crippen LogP contribution is 2.04. The van der Waals surface area contributed by atoms with Gasteiger partial charge in [-0.15, -0.1) is 0 Å². The Morgan fingerprint density at radius 1 is 1.26 bits per heavy atom. The van der Waals surface area contributed by atoms with Gasteiger partial charge in [0.15, 0.2) is 0 Å². The summed E-state index contributed by atoms with van der Waals surface area (Å²) in [7, 11) is 0. The fourth-order valence-corrected chi connectivity index (χ4v) is 2.03. The fraction of sp³-hybridized carbons (Fsp3) is 0.400. The van der Waals surface area contributed by atoms with Gasteiger partial charge in [-0.2, -0.15) is 5.10 Å². The molecule has 1 heterocycles. The van der Waals surface area contributed by atoms with Crippen LogP contribution < -0.4 is 5.32 Å². The van der Waals surface area contributed by atoms with Crippen molar-refractivity contribution >= 4 is 0 Å². The van der Waals surface area contributed by atoms with E-state index in [1.807, 2.05) is 35.3 Å². The van der Waals surface area contributed by atoms with E-state index in [-0.39, 0.29) is 12.6 Å². The van der Waals surface area contributed by atoms with Gasteiger partial charge in [0.05, 0.1) is 12.8 Å². The fourth-order valence-electron chi connectivity index (χ4n) is 2.03. The van der Waals surface area contributed by atoms with Gasteiger partial charge >= 0.3 is 0 Å². The van der Waals surface area contributed by atoms with Crippen LogP contribution in [-0.4, -0.2) is 27.5 Å². The number of hydrogen-bond donors (Lipinski definition) is 2. The molecule has 19 heavy (non-hydrogen) atoms. The average molecular weight is 259 g/mol. The van der Waals surface area contributed by atoms with E-state index in [1.165, 1.54) is 5.56 Å². The zero-order chi connectivity index (χ0) is 13.5. The Balaban J connectivity index is 1.85. The van der Waals surface area contributed by atoms with Gasteiger partial charge in [-0.05, 0) is 18.9 Å². The van der Waals surface area contributed by atoms with Gasteiger partial charge in [0.25, 0.3) is 0 Å². The first kappa shape index (κ1) is 13.8. The lowest BCUT2D eigenvalue weighted by Crippen LogP contribution is -2.33. The van der Waals surface area contributed by atoms with Crippen molar-refractivity contribution in [2.75, 3.05) is 6.61 Å². The number of nitrogens with zero attached hydrogens (tertiary/aromatic N) is 2. The van der Waals surface area contributed by atoms with E-state index < -0.39 is 0 Å². The summed E-state index contributed by atoms with van der Waals surface area (Å²) in [5, 5.41) is 17.0. The number of aromatic nitrogens is 2. The van der Waals surface area contributed by atoms with Crippen molar-refractivity contribution in [3.05, 3.63) is 53.9 Å². The molecule has 0 bridgehead atoms. The van der Waals surface area contributed by atoms with Crippen LogP contribution in [0.4, 0.5) is 0 Å². The molecule has 2 rings (SSSR count). The van der Waals surface area contributed by atoms with Crippen LogP contribution in [0.3, 0.4) is 0 Å². The minimum absolute atomic E-state index is 0.0763. The van der Waals surface area contributed by atoms with E-state index in [0.717, 1.165) is 25.1 Å². The number of aliphatic hydroxyl groups excluding tert-OH is 1. The van der Waals surface area contributed by atoms with Crippen LogP contribution in [0.25, 0.3) is 0 Å². The first-order valence-corrected chi connectivity index (χ1v) is 6.71. The second-order valence-electron chi connectivity index (χ2n) is 4.65. The Hall–Kier alpha value is -1.65. The molecular formula is C15H21N3O. The molecule has 0 aliphatic rings. The molecule has 1 aromatic carbocycles. The van der Waals surface area contributed by atoms with E-state index >= 15 is 0 Å². The Morgan fingerprint density at radius 2 is 2.05 bits per heavy atom. The summed E-state index contributed by atoms with van der Waals surface area (Å²) < 4.78 is 1.90. The SMILES string of the molecule is CCn1cc(CN[C@@H](CO)Cc2ccccc2)cn1. The summed E-state index contributed by atoms with van der Waals surface area (Å²) in [4.78, 5) is 0. The molecule has 0 saturated carbocycles. The van der Waals surface area contributed by atoms with E-state index in [1.54, 1.807) is 0 Å². The predicted molar refractivity (Wildman–Crippen MR) is 75.8 cm³/mol. The monoisotopic (exact) mass is 259 g/mol. The summed E-state index contributed by atoms with van der Waals surface area (Å²) in [6, 6.07) is 10.3. The summed E-state index contributed by atoms with van der Waals surface area (Å²) in [6.45, 7) is 3.82.